The molecule has 4 nitrogen and oxygen atoms in total. The molecule has 0 unspecified atom stereocenters. The number of hydrogen-bond acceptors (Lipinski definition) is 5. The SMILES string of the molecule is COc1ccc(-c2ccc(CN3CCc4nc(-c5ccc(C(F)(F)F)cc5)ncc4C3)s2)cc1. The standard InChI is InChI=1S/C26H22F3N3OS/c1-33-21-8-4-17(5-9-21)24-11-10-22(34-24)16-32-13-12-23-19(15-32)14-30-25(31-23)18-2-6-20(7-3-18)26(27,28)29/h2-11,14H,12-13,15-16H2,1H3. The van der Waals surface area contributed by atoms with E-state index in [4.69, 9.17) is 4.74 Å². The minimum Gasteiger partial charge on any atom is -0.497 e. The molecule has 0 fully saturated rings. The molecule has 1 aliphatic heterocycles. The summed E-state index contributed by atoms with van der Waals surface area (Å²) in [6, 6.07) is 17.4. The van der Waals surface area contributed by atoms with Crippen LogP contribution in [0.4, 0.5) is 13.2 Å². The number of halogens is 3. The minimum atomic E-state index is -4.35. The molecule has 0 aliphatic carbocycles. The third-order valence-corrected chi connectivity index (χ3v) is 7.02. The summed E-state index contributed by atoms with van der Waals surface area (Å²) in [5.41, 5.74) is 3.11. The molecule has 0 bridgehead atoms. The van der Waals surface area contributed by atoms with E-state index in [1.54, 1.807) is 24.6 Å². The number of methoxy groups -OCH3 is 1. The van der Waals surface area contributed by atoms with E-state index in [-0.39, 0.29) is 0 Å². The van der Waals surface area contributed by atoms with E-state index in [0.29, 0.717) is 11.4 Å². The van der Waals surface area contributed by atoms with Crippen molar-refractivity contribution in [3.63, 3.8) is 0 Å². The van der Waals surface area contributed by atoms with Crippen molar-refractivity contribution in [3.8, 4) is 27.6 Å². The van der Waals surface area contributed by atoms with Crippen LogP contribution in [0.3, 0.4) is 0 Å². The molecule has 8 heteroatoms. The molecule has 1 aliphatic rings. The predicted molar refractivity (Wildman–Crippen MR) is 127 cm³/mol. The summed E-state index contributed by atoms with van der Waals surface area (Å²) >= 11 is 1.78. The Morgan fingerprint density at radius 3 is 2.41 bits per heavy atom. The van der Waals surface area contributed by atoms with Gasteiger partial charge in [-0.1, -0.05) is 12.1 Å². The number of ether oxygens (including phenoxy) is 1. The van der Waals surface area contributed by atoms with E-state index in [0.717, 1.165) is 55.2 Å². The summed E-state index contributed by atoms with van der Waals surface area (Å²) in [4.78, 5) is 14.0. The molecule has 0 saturated carbocycles. The lowest BCUT2D eigenvalue weighted by molar-refractivity contribution is -0.137. The second kappa shape index (κ2) is 9.19. The number of rotatable bonds is 5. The van der Waals surface area contributed by atoms with Crippen molar-refractivity contribution in [2.75, 3.05) is 13.7 Å². The van der Waals surface area contributed by atoms with Crippen molar-refractivity contribution in [3.05, 3.63) is 88.6 Å². The highest BCUT2D eigenvalue weighted by Gasteiger charge is 2.30. The molecule has 5 rings (SSSR count). The first-order chi connectivity index (χ1) is 16.4. The van der Waals surface area contributed by atoms with Gasteiger partial charge in [-0.15, -0.1) is 11.3 Å². The predicted octanol–water partition coefficient (Wildman–Crippen LogP) is 6.46. The molecule has 0 saturated heterocycles. The van der Waals surface area contributed by atoms with E-state index in [2.05, 4.69) is 39.1 Å². The van der Waals surface area contributed by atoms with Crippen molar-refractivity contribution in [1.29, 1.82) is 0 Å². The van der Waals surface area contributed by atoms with Crippen molar-refractivity contribution in [2.45, 2.75) is 25.7 Å². The zero-order valence-electron chi connectivity index (χ0n) is 18.5. The largest absolute Gasteiger partial charge is 0.497 e. The van der Waals surface area contributed by atoms with E-state index in [9.17, 15) is 13.2 Å². The summed E-state index contributed by atoms with van der Waals surface area (Å²) in [6.45, 7) is 2.46. The lowest BCUT2D eigenvalue weighted by Gasteiger charge is -2.27. The molecule has 2 aromatic heterocycles. The van der Waals surface area contributed by atoms with Crippen LogP contribution in [0.15, 0.2) is 66.9 Å². The second-order valence-corrected chi connectivity index (χ2v) is 9.36. The summed E-state index contributed by atoms with van der Waals surface area (Å²) in [6.07, 6.45) is -1.77. The van der Waals surface area contributed by atoms with Crippen LogP contribution in [0.25, 0.3) is 21.8 Å². The Bertz CT molecular complexity index is 1280. The van der Waals surface area contributed by atoms with Gasteiger partial charge in [0.1, 0.15) is 5.75 Å². The summed E-state index contributed by atoms with van der Waals surface area (Å²) < 4.78 is 43.7. The summed E-state index contributed by atoms with van der Waals surface area (Å²) in [5, 5.41) is 0. The van der Waals surface area contributed by atoms with Gasteiger partial charge in [-0.05, 0) is 54.1 Å². The van der Waals surface area contributed by atoms with Crippen LogP contribution >= 0.6 is 11.3 Å². The molecule has 174 valence electrons. The quantitative estimate of drug-likeness (QED) is 0.328. The molecule has 2 aromatic carbocycles. The molecular formula is C26H22F3N3OS. The first-order valence-corrected chi connectivity index (χ1v) is 11.7. The highest BCUT2D eigenvalue weighted by Crippen LogP contribution is 2.32. The molecule has 0 amide bonds. The second-order valence-electron chi connectivity index (χ2n) is 8.20. The summed E-state index contributed by atoms with van der Waals surface area (Å²) in [5.74, 6) is 1.31. The lowest BCUT2D eigenvalue weighted by Crippen LogP contribution is -2.30. The molecular weight excluding hydrogens is 459 g/mol. The van der Waals surface area contributed by atoms with Crippen molar-refractivity contribution in [1.82, 2.24) is 14.9 Å². The maximum absolute atomic E-state index is 12.8. The van der Waals surface area contributed by atoms with E-state index in [1.165, 1.54) is 27.5 Å². The monoisotopic (exact) mass is 481 g/mol. The number of aromatic nitrogens is 2. The van der Waals surface area contributed by atoms with E-state index in [1.807, 2.05) is 12.1 Å². The first kappa shape index (κ1) is 22.6. The Kier molecular flexibility index (Phi) is 6.10. The van der Waals surface area contributed by atoms with Gasteiger partial charge in [-0.2, -0.15) is 13.2 Å². The lowest BCUT2D eigenvalue weighted by atomic mass is 10.1. The van der Waals surface area contributed by atoms with Crippen LogP contribution in [-0.4, -0.2) is 28.5 Å². The molecule has 0 atom stereocenters. The zero-order chi connectivity index (χ0) is 23.7. The first-order valence-electron chi connectivity index (χ1n) is 10.9. The zero-order valence-corrected chi connectivity index (χ0v) is 19.3. The molecule has 34 heavy (non-hydrogen) atoms. The Balaban J connectivity index is 1.25. The molecule has 4 aromatic rings. The number of alkyl halides is 3. The maximum Gasteiger partial charge on any atom is 0.416 e. The Morgan fingerprint density at radius 2 is 1.71 bits per heavy atom. The van der Waals surface area contributed by atoms with Crippen LogP contribution < -0.4 is 4.74 Å². The smallest absolute Gasteiger partial charge is 0.416 e. The van der Waals surface area contributed by atoms with Crippen LogP contribution in [0, 0.1) is 0 Å². The van der Waals surface area contributed by atoms with Crippen LogP contribution in [0.5, 0.6) is 5.75 Å². The van der Waals surface area contributed by atoms with Crippen LogP contribution in [0.2, 0.25) is 0 Å². The molecule has 0 radical (unpaired) electrons. The number of hydrogen-bond donors (Lipinski definition) is 0. The van der Waals surface area contributed by atoms with Gasteiger partial charge in [-0.25, -0.2) is 9.97 Å². The fourth-order valence-corrected chi connectivity index (χ4v) is 5.11. The number of nitrogens with zero attached hydrogens (tertiary/aromatic N) is 3. The van der Waals surface area contributed by atoms with Gasteiger partial charge in [0, 0.05) is 53.1 Å². The van der Waals surface area contributed by atoms with E-state index >= 15 is 0 Å². The van der Waals surface area contributed by atoms with Crippen molar-refractivity contribution >= 4 is 11.3 Å². The van der Waals surface area contributed by atoms with Gasteiger partial charge >= 0.3 is 6.18 Å². The number of fused-ring (bicyclic) bond motifs is 1. The van der Waals surface area contributed by atoms with Gasteiger partial charge in [0.05, 0.1) is 18.4 Å². The van der Waals surface area contributed by atoms with Crippen LogP contribution in [0.1, 0.15) is 21.7 Å². The van der Waals surface area contributed by atoms with Gasteiger partial charge < -0.3 is 4.74 Å². The Morgan fingerprint density at radius 1 is 0.971 bits per heavy atom. The molecule has 3 heterocycles. The third kappa shape index (κ3) is 4.83. The van der Waals surface area contributed by atoms with Crippen LogP contribution in [-0.2, 0) is 25.7 Å². The number of benzene rings is 2. The Hall–Kier alpha value is -3.23. The fraction of sp³-hybridized carbons (Fsp3) is 0.231. The van der Waals surface area contributed by atoms with E-state index < -0.39 is 11.7 Å². The van der Waals surface area contributed by atoms with Gasteiger partial charge in [0.15, 0.2) is 5.82 Å². The highest BCUT2D eigenvalue weighted by molar-refractivity contribution is 7.15. The molecule has 0 N–H and O–H groups in total. The third-order valence-electron chi connectivity index (χ3n) is 5.90. The number of thiophene rings is 1. The fourth-order valence-electron chi connectivity index (χ4n) is 4.05. The summed E-state index contributed by atoms with van der Waals surface area (Å²) in [7, 11) is 1.66. The van der Waals surface area contributed by atoms with Gasteiger partial charge in [0.25, 0.3) is 0 Å². The average Bonchev–Trinajstić information content (AvgIpc) is 3.32. The average molecular weight is 482 g/mol. The Labute approximate surface area is 199 Å². The highest BCUT2D eigenvalue weighted by atomic mass is 32.1. The topological polar surface area (TPSA) is 38.2 Å². The molecule has 0 spiro atoms. The van der Waals surface area contributed by atoms with Gasteiger partial charge in [-0.3, -0.25) is 4.90 Å². The maximum atomic E-state index is 12.8. The van der Waals surface area contributed by atoms with Gasteiger partial charge in [0.2, 0.25) is 0 Å². The van der Waals surface area contributed by atoms with Crippen molar-refractivity contribution < 1.29 is 17.9 Å². The van der Waals surface area contributed by atoms with Crippen molar-refractivity contribution in [2.24, 2.45) is 0 Å². The minimum absolute atomic E-state index is 0.461. The normalized spacial score (nSPS) is 14.1.